The Morgan fingerprint density at radius 1 is 0.935 bits per heavy atom. The molecule has 3 nitrogen and oxygen atoms in total. The number of benzene rings is 1. The van der Waals surface area contributed by atoms with Crippen LogP contribution >= 0.6 is 22.9 Å². The number of amides is 1. The Morgan fingerprint density at radius 3 is 2.23 bits per heavy atom. The Bertz CT molecular complexity index is 972. The van der Waals surface area contributed by atoms with Gasteiger partial charge in [-0.15, -0.1) is 11.3 Å². The van der Waals surface area contributed by atoms with Crippen molar-refractivity contribution in [2.75, 3.05) is 13.1 Å². The fourth-order valence-electron chi connectivity index (χ4n) is 3.87. The lowest BCUT2D eigenvalue weighted by Crippen LogP contribution is -2.33. The minimum absolute atomic E-state index is 0.121. The van der Waals surface area contributed by atoms with E-state index in [2.05, 4.69) is 18.7 Å². The Balaban J connectivity index is 1.91. The highest BCUT2D eigenvalue weighted by Gasteiger charge is 2.20. The van der Waals surface area contributed by atoms with Crippen LogP contribution in [0.25, 0.3) is 21.5 Å². The molecule has 1 amide bonds. The summed E-state index contributed by atoms with van der Waals surface area (Å²) in [7, 11) is 0. The quantitative estimate of drug-likeness (QED) is 0.257. The number of halogens is 1. The number of pyridine rings is 1. The molecular weight excluding hydrogens is 424 g/mol. The van der Waals surface area contributed by atoms with Crippen LogP contribution < -0.4 is 0 Å². The van der Waals surface area contributed by atoms with E-state index in [1.54, 1.807) is 0 Å². The van der Waals surface area contributed by atoms with Crippen LogP contribution in [0.3, 0.4) is 0 Å². The number of hydrogen-bond acceptors (Lipinski definition) is 3. The van der Waals surface area contributed by atoms with Crippen LogP contribution in [0.5, 0.6) is 0 Å². The Morgan fingerprint density at radius 2 is 1.61 bits per heavy atom. The number of nitrogens with zero attached hydrogens (tertiary/aromatic N) is 2. The average Bonchev–Trinajstić information content (AvgIpc) is 3.23. The first-order valence-corrected chi connectivity index (χ1v) is 12.8. The molecule has 31 heavy (non-hydrogen) atoms. The number of carbonyl (C=O) groups excluding carboxylic acids is 1. The van der Waals surface area contributed by atoms with Crippen LogP contribution in [-0.4, -0.2) is 28.9 Å². The third kappa shape index (κ3) is 6.54. The van der Waals surface area contributed by atoms with Gasteiger partial charge in [0.25, 0.3) is 5.91 Å². The topological polar surface area (TPSA) is 33.2 Å². The molecule has 0 aliphatic heterocycles. The number of thiophene rings is 1. The molecule has 0 atom stereocenters. The molecular formula is C26H33ClN2OS. The van der Waals surface area contributed by atoms with Crippen molar-refractivity contribution in [3.63, 3.8) is 0 Å². The second-order valence-electron chi connectivity index (χ2n) is 8.09. The minimum atomic E-state index is 0.121. The molecule has 0 saturated carbocycles. The van der Waals surface area contributed by atoms with Gasteiger partial charge in [0, 0.05) is 18.5 Å². The summed E-state index contributed by atoms with van der Waals surface area (Å²) >= 11 is 7.66. The van der Waals surface area contributed by atoms with Crippen molar-refractivity contribution in [1.29, 1.82) is 0 Å². The molecule has 3 rings (SSSR count). The highest BCUT2D eigenvalue weighted by Crippen LogP contribution is 2.32. The first-order valence-electron chi connectivity index (χ1n) is 11.6. The fraction of sp³-hybridized carbons (Fsp3) is 0.462. The van der Waals surface area contributed by atoms with Crippen LogP contribution in [0, 0.1) is 0 Å². The second kappa shape index (κ2) is 12.2. The van der Waals surface area contributed by atoms with Crippen LogP contribution in [0.4, 0.5) is 0 Å². The Labute approximate surface area is 195 Å². The minimum Gasteiger partial charge on any atom is -0.339 e. The molecule has 0 saturated heterocycles. The lowest BCUT2D eigenvalue weighted by molar-refractivity contribution is 0.0751. The standard InChI is InChI=1S/C26H33ClN2OS/c1-3-5-7-11-17-29(18-12-8-6-4-2)26(30)21-19-23(24-15-16-25(27)31-24)28-22-14-10-9-13-20(21)22/h9-10,13-16,19H,3-8,11-12,17-18H2,1-2H3. The van der Waals surface area contributed by atoms with Crippen molar-refractivity contribution in [2.45, 2.75) is 65.2 Å². The van der Waals surface area contributed by atoms with Gasteiger partial charge in [-0.1, -0.05) is 82.2 Å². The molecule has 0 spiro atoms. The summed E-state index contributed by atoms with van der Waals surface area (Å²) in [5.41, 5.74) is 2.41. The van der Waals surface area contributed by atoms with E-state index < -0.39 is 0 Å². The van der Waals surface area contributed by atoms with Gasteiger partial charge in [0.2, 0.25) is 0 Å². The summed E-state index contributed by atoms with van der Waals surface area (Å²) < 4.78 is 0.728. The molecule has 2 aromatic heterocycles. The van der Waals surface area contributed by atoms with E-state index in [0.717, 1.165) is 57.3 Å². The largest absolute Gasteiger partial charge is 0.339 e. The maximum absolute atomic E-state index is 13.8. The van der Waals surface area contributed by atoms with Crippen LogP contribution in [0.1, 0.15) is 75.6 Å². The molecule has 0 aliphatic rings. The zero-order valence-corrected chi connectivity index (χ0v) is 20.3. The van der Waals surface area contributed by atoms with E-state index in [-0.39, 0.29) is 5.91 Å². The van der Waals surface area contributed by atoms with E-state index in [0.29, 0.717) is 0 Å². The van der Waals surface area contributed by atoms with E-state index in [9.17, 15) is 4.79 Å². The van der Waals surface area contributed by atoms with Gasteiger partial charge in [0.05, 0.1) is 26.0 Å². The van der Waals surface area contributed by atoms with Gasteiger partial charge in [-0.05, 0) is 37.1 Å². The summed E-state index contributed by atoms with van der Waals surface area (Å²) in [6, 6.07) is 13.8. The Hall–Kier alpha value is -1.91. The average molecular weight is 457 g/mol. The third-order valence-corrected chi connectivity index (χ3v) is 6.88. The normalized spacial score (nSPS) is 11.2. The highest BCUT2D eigenvalue weighted by molar-refractivity contribution is 7.19. The van der Waals surface area contributed by atoms with Gasteiger partial charge in [0.15, 0.2) is 0 Å². The maximum atomic E-state index is 13.8. The van der Waals surface area contributed by atoms with E-state index >= 15 is 0 Å². The maximum Gasteiger partial charge on any atom is 0.254 e. The lowest BCUT2D eigenvalue weighted by atomic mass is 10.0. The molecule has 5 heteroatoms. The summed E-state index contributed by atoms with van der Waals surface area (Å²) in [6.45, 7) is 6.08. The molecule has 0 fully saturated rings. The van der Waals surface area contributed by atoms with Gasteiger partial charge >= 0.3 is 0 Å². The number of hydrogen-bond donors (Lipinski definition) is 0. The third-order valence-electron chi connectivity index (χ3n) is 5.62. The van der Waals surface area contributed by atoms with Crippen LogP contribution in [0.15, 0.2) is 42.5 Å². The molecule has 166 valence electrons. The zero-order chi connectivity index (χ0) is 22.1. The van der Waals surface area contributed by atoms with Crippen molar-refractivity contribution in [1.82, 2.24) is 9.88 Å². The predicted octanol–water partition coefficient (Wildman–Crippen LogP) is 8.22. The summed E-state index contributed by atoms with van der Waals surface area (Å²) in [4.78, 5) is 21.6. The zero-order valence-electron chi connectivity index (χ0n) is 18.7. The van der Waals surface area contributed by atoms with Crippen molar-refractivity contribution in [2.24, 2.45) is 0 Å². The van der Waals surface area contributed by atoms with Crippen molar-refractivity contribution < 1.29 is 4.79 Å². The molecule has 3 aromatic rings. The summed E-state index contributed by atoms with van der Waals surface area (Å²) in [6.07, 6.45) is 9.31. The predicted molar refractivity (Wildman–Crippen MR) is 134 cm³/mol. The van der Waals surface area contributed by atoms with E-state index in [4.69, 9.17) is 16.6 Å². The summed E-state index contributed by atoms with van der Waals surface area (Å²) in [5.74, 6) is 0.121. The first-order chi connectivity index (χ1) is 15.1. The molecule has 0 aliphatic carbocycles. The van der Waals surface area contributed by atoms with Gasteiger partial charge < -0.3 is 4.90 Å². The monoisotopic (exact) mass is 456 g/mol. The van der Waals surface area contributed by atoms with Crippen LogP contribution in [0.2, 0.25) is 4.34 Å². The number of para-hydroxylation sites is 1. The number of carbonyl (C=O) groups is 1. The number of rotatable bonds is 12. The fourth-order valence-corrected chi connectivity index (χ4v) is 4.88. The first kappa shape index (κ1) is 23.7. The van der Waals surface area contributed by atoms with Crippen molar-refractivity contribution in [3.05, 3.63) is 52.4 Å². The van der Waals surface area contributed by atoms with Crippen molar-refractivity contribution >= 4 is 39.7 Å². The van der Waals surface area contributed by atoms with Crippen LogP contribution in [-0.2, 0) is 0 Å². The van der Waals surface area contributed by atoms with Gasteiger partial charge in [-0.25, -0.2) is 4.98 Å². The van der Waals surface area contributed by atoms with E-state index in [1.165, 1.54) is 49.9 Å². The molecule has 0 unspecified atom stereocenters. The molecule has 0 N–H and O–H groups in total. The SMILES string of the molecule is CCCCCCN(CCCCCC)C(=O)c1cc(-c2ccc(Cl)s2)nc2ccccc12. The molecule has 0 radical (unpaired) electrons. The molecule has 0 bridgehead atoms. The highest BCUT2D eigenvalue weighted by atomic mass is 35.5. The summed E-state index contributed by atoms with van der Waals surface area (Å²) in [5, 5.41) is 0.922. The number of aromatic nitrogens is 1. The van der Waals surface area contributed by atoms with Gasteiger partial charge in [-0.2, -0.15) is 0 Å². The second-order valence-corrected chi connectivity index (χ2v) is 9.80. The number of fused-ring (bicyclic) bond motifs is 1. The molecule has 2 heterocycles. The number of unbranched alkanes of at least 4 members (excludes halogenated alkanes) is 6. The smallest absolute Gasteiger partial charge is 0.254 e. The Kier molecular flexibility index (Phi) is 9.35. The van der Waals surface area contributed by atoms with Crippen molar-refractivity contribution in [3.8, 4) is 10.6 Å². The lowest BCUT2D eigenvalue weighted by Gasteiger charge is -2.24. The van der Waals surface area contributed by atoms with Gasteiger partial charge in [-0.3, -0.25) is 4.79 Å². The van der Waals surface area contributed by atoms with E-state index in [1.807, 2.05) is 42.5 Å². The molecule has 1 aromatic carbocycles. The van der Waals surface area contributed by atoms with Gasteiger partial charge in [0.1, 0.15) is 0 Å².